The van der Waals surface area contributed by atoms with Crippen LogP contribution in [0.2, 0.25) is 0 Å². The van der Waals surface area contributed by atoms with Gasteiger partial charge in [-0.3, -0.25) is 0 Å². The van der Waals surface area contributed by atoms with E-state index in [0.29, 0.717) is 17.5 Å². The van der Waals surface area contributed by atoms with Gasteiger partial charge in [0.2, 0.25) is 0 Å². The third-order valence-corrected chi connectivity index (χ3v) is 15.4. The van der Waals surface area contributed by atoms with Gasteiger partial charge in [-0.2, -0.15) is 0 Å². The molecule has 350 valence electrons. The van der Waals surface area contributed by atoms with Gasteiger partial charge in [-0.25, -0.2) is 15.0 Å². The number of furan rings is 1. The van der Waals surface area contributed by atoms with E-state index in [2.05, 4.69) is 199 Å². The fraction of sp³-hybridized carbons (Fsp3) is 0.0143. The molecule has 11 aromatic carbocycles. The minimum Gasteiger partial charge on any atom is -0.456 e. The summed E-state index contributed by atoms with van der Waals surface area (Å²) in [6.07, 6.45) is 0. The van der Waals surface area contributed by atoms with Crippen molar-refractivity contribution in [2.45, 2.75) is 5.41 Å². The minimum absolute atomic E-state index is 0.458. The monoisotopic (exact) mass is 956 g/mol. The molecule has 2 heterocycles. The molecule has 0 saturated carbocycles. The van der Waals surface area contributed by atoms with Crippen LogP contribution in [-0.2, 0) is 5.41 Å². The molecule has 0 aliphatic heterocycles. The normalized spacial score (nSPS) is 12.6. The lowest BCUT2D eigenvalue weighted by Crippen LogP contribution is -2.26. The number of hydrogen-bond donors (Lipinski definition) is 0. The molecule has 5 heteroatoms. The van der Waals surface area contributed by atoms with Gasteiger partial charge in [-0.15, -0.1) is 0 Å². The molecule has 0 unspecified atom stereocenters. The lowest BCUT2D eigenvalue weighted by molar-refractivity contribution is 0.669. The summed E-state index contributed by atoms with van der Waals surface area (Å²) in [6, 6.07) is 95.5. The Bertz CT molecular complexity index is 4240. The largest absolute Gasteiger partial charge is 0.456 e. The molecule has 2 aromatic heterocycles. The van der Waals surface area contributed by atoms with Crippen LogP contribution in [0.1, 0.15) is 22.3 Å². The summed E-state index contributed by atoms with van der Waals surface area (Å²) in [6.45, 7) is 0. The third-order valence-electron chi connectivity index (χ3n) is 15.4. The van der Waals surface area contributed by atoms with E-state index in [-0.39, 0.29) is 0 Å². The van der Waals surface area contributed by atoms with Gasteiger partial charge >= 0.3 is 0 Å². The zero-order valence-electron chi connectivity index (χ0n) is 40.6. The maximum Gasteiger partial charge on any atom is 0.164 e. The first kappa shape index (κ1) is 42.7. The van der Waals surface area contributed by atoms with E-state index < -0.39 is 5.41 Å². The molecule has 5 nitrogen and oxygen atoms in total. The first-order valence-electron chi connectivity index (χ1n) is 25.5. The van der Waals surface area contributed by atoms with Crippen molar-refractivity contribution in [2.24, 2.45) is 0 Å². The van der Waals surface area contributed by atoms with E-state index in [1.165, 1.54) is 55.6 Å². The molecule has 75 heavy (non-hydrogen) atoms. The molecule has 0 atom stereocenters. The highest BCUT2D eigenvalue weighted by molar-refractivity contribution is 6.08. The second kappa shape index (κ2) is 17.1. The molecule has 0 N–H and O–H groups in total. The second-order valence-corrected chi connectivity index (χ2v) is 19.4. The van der Waals surface area contributed by atoms with E-state index >= 15 is 0 Å². The van der Waals surface area contributed by atoms with Crippen LogP contribution < -0.4 is 4.90 Å². The van der Waals surface area contributed by atoms with E-state index in [4.69, 9.17) is 19.4 Å². The van der Waals surface area contributed by atoms with Crippen LogP contribution in [0.25, 0.3) is 101 Å². The van der Waals surface area contributed by atoms with Crippen LogP contribution in [-0.4, -0.2) is 15.0 Å². The Morgan fingerprint density at radius 3 is 1.23 bits per heavy atom. The standard InChI is InChI=1S/C70H44N4O/c1-4-17-45(18-5-1)46-31-37-52(38-32-46)74(63-30-16-29-62-66(63)56-25-12-15-28-61(56)70(62)59-26-13-10-23-54(59)55-24-11-14-27-60(55)70)53-39-33-47(34-40-53)50-35-41-64-57(43-50)58-44-51(36-42-65(58)75-64)69-72-67(48-19-6-2-7-20-48)71-68(73-69)49-21-8-3-9-22-49/h1-44H. The SMILES string of the molecule is c1ccc(-c2ccc(N(c3ccc(-c4ccc5oc6ccc(-c7nc(-c8ccccc8)nc(-c8ccccc8)n7)cc6c5c4)cc3)c3cccc4c3-c3ccccc3C43c4ccccc4-c4ccccc43)cc2)cc1. The summed E-state index contributed by atoms with van der Waals surface area (Å²) in [5, 5.41) is 2.02. The van der Waals surface area contributed by atoms with Gasteiger partial charge in [0.15, 0.2) is 17.5 Å². The third kappa shape index (κ3) is 6.75. The van der Waals surface area contributed by atoms with Gasteiger partial charge in [0.25, 0.3) is 0 Å². The average Bonchev–Trinajstić information content (AvgIpc) is 4.27. The van der Waals surface area contributed by atoms with Gasteiger partial charge in [-0.1, -0.05) is 206 Å². The van der Waals surface area contributed by atoms with Crippen LogP contribution >= 0.6 is 0 Å². The lowest BCUT2D eigenvalue weighted by Gasteiger charge is -2.32. The van der Waals surface area contributed by atoms with Crippen molar-refractivity contribution in [2.75, 3.05) is 4.90 Å². The summed E-state index contributed by atoms with van der Waals surface area (Å²) in [7, 11) is 0. The van der Waals surface area contributed by atoms with Gasteiger partial charge in [0.05, 0.1) is 11.1 Å². The maximum atomic E-state index is 6.48. The lowest BCUT2D eigenvalue weighted by atomic mass is 9.70. The number of aromatic nitrogens is 3. The fourth-order valence-electron chi connectivity index (χ4n) is 12.0. The Balaban J connectivity index is 0.853. The Hall–Kier alpha value is -9.97. The predicted molar refractivity (Wildman–Crippen MR) is 305 cm³/mol. The minimum atomic E-state index is -0.458. The van der Waals surface area contributed by atoms with Crippen molar-refractivity contribution in [3.8, 4) is 78.7 Å². The van der Waals surface area contributed by atoms with Gasteiger partial charge in [0, 0.05) is 44.4 Å². The molecular formula is C70H44N4O. The Labute approximate surface area is 434 Å². The molecule has 0 saturated heterocycles. The molecular weight excluding hydrogens is 913 g/mol. The van der Waals surface area contributed by atoms with Crippen molar-refractivity contribution in [3.05, 3.63) is 289 Å². The topological polar surface area (TPSA) is 55.1 Å². The van der Waals surface area contributed by atoms with Gasteiger partial charge in [0.1, 0.15) is 11.2 Å². The number of anilines is 3. The van der Waals surface area contributed by atoms with E-state index in [1.54, 1.807) is 0 Å². The number of nitrogens with zero attached hydrogens (tertiary/aromatic N) is 4. The average molecular weight is 957 g/mol. The van der Waals surface area contributed by atoms with E-state index in [0.717, 1.165) is 66.8 Å². The summed E-state index contributed by atoms with van der Waals surface area (Å²) in [5.41, 5.74) is 22.1. The second-order valence-electron chi connectivity index (χ2n) is 19.4. The summed E-state index contributed by atoms with van der Waals surface area (Å²) in [4.78, 5) is 17.4. The Morgan fingerprint density at radius 1 is 0.293 bits per heavy atom. The molecule has 0 fully saturated rings. The quantitative estimate of drug-likeness (QED) is 0.152. The molecule has 0 bridgehead atoms. The predicted octanol–water partition coefficient (Wildman–Crippen LogP) is 17.9. The highest BCUT2D eigenvalue weighted by Gasteiger charge is 2.52. The van der Waals surface area contributed by atoms with E-state index in [9.17, 15) is 0 Å². The summed E-state index contributed by atoms with van der Waals surface area (Å²) < 4.78 is 6.48. The number of benzene rings is 11. The maximum absolute atomic E-state index is 6.48. The molecule has 13 aromatic rings. The van der Waals surface area contributed by atoms with Crippen molar-refractivity contribution >= 4 is 39.0 Å². The molecule has 1 spiro atoms. The zero-order chi connectivity index (χ0) is 49.5. The fourth-order valence-corrected chi connectivity index (χ4v) is 12.0. The molecule has 0 amide bonds. The van der Waals surface area contributed by atoms with Crippen molar-refractivity contribution in [3.63, 3.8) is 0 Å². The van der Waals surface area contributed by atoms with Gasteiger partial charge < -0.3 is 9.32 Å². The summed E-state index contributed by atoms with van der Waals surface area (Å²) in [5.74, 6) is 1.85. The number of fused-ring (bicyclic) bond motifs is 13. The number of rotatable bonds is 8. The van der Waals surface area contributed by atoms with Gasteiger partial charge in [-0.05, 0) is 122 Å². The number of hydrogen-bond acceptors (Lipinski definition) is 5. The van der Waals surface area contributed by atoms with Crippen molar-refractivity contribution in [1.82, 2.24) is 15.0 Å². The molecule has 2 aliphatic rings. The molecule has 15 rings (SSSR count). The van der Waals surface area contributed by atoms with E-state index in [1.807, 2.05) is 72.8 Å². The van der Waals surface area contributed by atoms with Crippen LogP contribution in [0.15, 0.2) is 271 Å². The zero-order valence-corrected chi connectivity index (χ0v) is 40.6. The van der Waals surface area contributed by atoms with Crippen molar-refractivity contribution < 1.29 is 4.42 Å². The van der Waals surface area contributed by atoms with Crippen LogP contribution in [0.4, 0.5) is 17.1 Å². The molecule has 0 radical (unpaired) electrons. The van der Waals surface area contributed by atoms with Crippen LogP contribution in [0.5, 0.6) is 0 Å². The van der Waals surface area contributed by atoms with Crippen LogP contribution in [0.3, 0.4) is 0 Å². The molecule has 2 aliphatic carbocycles. The first-order valence-corrected chi connectivity index (χ1v) is 25.5. The summed E-state index contributed by atoms with van der Waals surface area (Å²) >= 11 is 0. The highest BCUT2D eigenvalue weighted by Crippen LogP contribution is 2.64. The smallest absolute Gasteiger partial charge is 0.164 e. The van der Waals surface area contributed by atoms with Crippen LogP contribution in [0, 0.1) is 0 Å². The Morgan fingerprint density at radius 2 is 0.680 bits per heavy atom. The Kier molecular flexibility index (Phi) is 9.72. The van der Waals surface area contributed by atoms with Crippen molar-refractivity contribution in [1.29, 1.82) is 0 Å². The first-order chi connectivity index (χ1) is 37.2. The highest BCUT2D eigenvalue weighted by atomic mass is 16.3.